The second-order valence-electron chi connectivity index (χ2n) is 5.61. The maximum Gasteiger partial charge on any atom is 0.323 e. The number of amides is 2. The van der Waals surface area contributed by atoms with Gasteiger partial charge in [-0.25, -0.2) is 9.78 Å². The average molecular weight is 336 g/mol. The van der Waals surface area contributed by atoms with Crippen molar-refractivity contribution in [1.82, 2.24) is 9.55 Å². The van der Waals surface area contributed by atoms with E-state index in [-0.39, 0.29) is 6.03 Å². The van der Waals surface area contributed by atoms with Crippen molar-refractivity contribution >= 4 is 17.4 Å². The SMILES string of the molecule is COc1ccc(NC(=O)Nc2ccc(Cn3ccnc3C)cc2)cc1. The number of benzene rings is 2. The predicted molar refractivity (Wildman–Crippen MR) is 98.1 cm³/mol. The Morgan fingerprint density at radius 1 is 1.04 bits per heavy atom. The molecule has 3 aromatic rings. The van der Waals surface area contributed by atoms with Crippen LogP contribution in [0.3, 0.4) is 0 Å². The highest BCUT2D eigenvalue weighted by Crippen LogP contribution is 2.16. The van der Waals surface area contributed by atoms with Crippen LogP contribution in [0.25, 0.3) is 0 Å². The van der Waals surface area contributed by atoms with Gasteiger partial charge in [0.25, 0.3) is 0 Å². The van der Waals surface area contributed by atoms with E-state index in [2.05, 4.69) is 20.2 Å². The summed E-state index contributed by atoms with van der Waals surface area (Å²) < 4.78 is 7.16. The van der Waals surface area contributed by atoms with Gasteiger partial charge in [-0.2, -0.15) is 0 Å². The van der Waals surface area contributed by atoms with Gasteiger partial charge in [0.15, 0.2) is 0 Å². The highest BCUT2D eigenvalue weighted by molar-refractivity contribution is 5.99. The standard InChI is InChI=1S/C19H20N4O2/c1-14-20-11-12-23(14)13-15-3-5-16(6-4-15)21-19(24)22-17-7-9-18(25-2)10-8-17/h3-12H,13H2,1-2H3,(H2,21,22,24). The second-order valence-corrected chi connectivity index (χ2v) is 5.61. The molecule has 0 spiro atoms. The Labute approximate surface area is 146 Å². The lowest BCUT2D eigenvalue weighted by Gasteiger charge is -2.10. The smallest absolute Gasteiger partial charge is 0.323 e. The minimum atomic E-state index is -0.289. The van der Waals surface area contributed by atoms with Crippen LogP contribution in [0.1, 0.15) is 11.4 Å². The molecule has 25 heavy (non-hydrogen) atoms. The number of nitrogens with zero attached hydrogens (tertiary/aromatic N) is 2. The largest absolute Gasteiger partial charge is 0.497 e. The van der Waals surface area contributed by atoms with E-state index in [0.29, 0.717) is 5.69 Å². The monoisotopic (exact) mass is 336 g/mol. The normalized spacial score (nSPS) is 10.3. The zero-order chi connectivity index (χ0) is 17.6. The number of methoxy groups -OCH3 is 1. The molecule has 128 valence electrons. The minimum Gasteiger partial charge on any atom is -0.497 e. The van der Waals surface area contributed by atoms with Crippen molar-refractivity contribution in [2.45, 2.75) is 13.5 Å². The van der Waals surface area contributed by atoms with Gasteiger partial charge < -0.3 is 19.9 Å². The quantitative estimate of drug-likeness (QED) is 0.743. The number of hydrogen-bond donors (Lipinski definition) is 2. The lowest BCUT2D eigenvalue weighted by molar-refractivity contribution is 0.262. The van der Waals surface area contributed by atoms with E-state index in [0.717, 1.165) is 29.4 Å². The fourth-order valence-electron chi connectivity index (χ4n) is 2.43. The van der Waals surface area contributed by atoms with E-state index in [1.807, 2.05) is 37.4 Å². The van der Waals surface area contributed by atoms with Crippen molar-refractivity contribution < 1.29 is 9.53 Å². The van der Waals surface area contributed by atoms with Crippen molar-refractivity contribution in [2.75, 3.05) is 17.7 Å². The first-order valence-electron chi connectivity index (χ1n) is 7.93. The molecule has 6 heteroatoms. The molecule has 2 aromatic carbocycles. The molecule has 0 aliphatic heterocycles. The Hall–Kier alpha value is -3.28. The molecule has 0 aliphatic carbocycles. The fourth-order valence-corrected chi connectivity index (χ4v) is 2.43. The van der Waals surface area contributed by atoms with Crippen molar-refractivity contribution in [3.8, 4) is 5.75 Å². The van der Waals surface area contributed by atoms with Gasteiger partial charge in [0, 0.05) is 30.3 Å². The Balaban J connectivity index is 1.57. The molecular weight excluding hydrogens is 316 g/mol. The maximum absolute atomic E-state index is 12.1. The number of imidazole rings is 1. The molecule has 0 aliphatic rings. The molecule has 0 fully saturated rings. The Morgan fingerprint density at radius 3 is 2.16 bits per heavy atom. The Kier molecular flexibility index (Phi) is 4.99. The highest BCUT2D eigenvalue weighted by Gasteiger charge is 2.04. The third kappa shape index (κ3) is 4.38. The number of carbonyl (C=O) groups is 1. The first kappa shape index (κ1) is 16.6. The van der Waals surface area contributed by atoms with E-state index < -0.39 is 0 Å². The summed E-state index contributed by atoms with van der Waals surface area (Å²) in [7, 11) is 1.60. The first-order chi connectivity index (χ1) is 12.1. The van der Waals surface area contributed by atoms with Gasteiger partial charge in [0.05, 0.1) is 7.11 Å². The number of nitrogens with one attached hydrogen (secondary N) is 2. The molecule has 2 amide bonds. The van der Waals surface area contributed by atoms with Crippen LogP contribution in [0.4, 0.5) is 16.2 Å². The van der Waals surface area contributed by atoms with Gasteiger partial charge in [-0.3, -0.25) is 0 Å². The number of rotatable bonds is 5. The third-order valence-corrected chi connectivity index (χ3v) is 3.84. The average Bonchev–Trinajstić information content (AvgIpc) is 3.02. The molecule has 0 unspecified atom stereocenters. The molecule has 2 N–H and O–H groups in total. The molecule has 0 bridgehead atoms. The summed E-state index contributed by atoms with van der Waals surface area (Å²) in [6, 6.07) is 14.6. The molecule has 0 atom stereocenters. The topological polar surface area (TPSA) is 68.2 Å². The van der Waals surface area contributed by atoms with Crippen LogP contribution in [-0.2, 0) is 6.54 Å². The summed E-state index contributed by atoms with van der Waals surface area (Å²) in [5, 5.41) is 5.60. The Bertz CT molecular complexity index is 839. The molecular formula is C19H20N4O2. The van der Waals surface area contributed by atoms with Crippen LogP contribution in [-0.4, -0.2) is 22.7 Å². The van der Waals surface area contributed by atoms with E-state index in [4.69, 9.17) is 4.74 Å². The van der Waals surface area contributed by atoms with E-state index in [1.165, 1.54) is 0 Å². The Morgan fingerprint density at radius 2 is 1.64 bits per heavy atom. The van der Waals surface area contributed by atoms with E-state index in [9.17, 15) is 4.79 Å². The highest BCUT2D eigenvalue weighted by atomic mass is 16.5. The van der Waals surface area contributed by atoms with Gasteiger partial charge in [-0.05, 0) is 48.9 Å². The fraction of sp³-hybridized carbons (Fsp3) is 0.158. The number of anilines is 2. The number of ether oxygens (including phenoxy) is 1. The van der Waals surface area contributed by atoms with E-state index >= 15 is 0 Å². The molecule has 3 rings (SSSR count). The number of aryl methyl sites for hydroxylation is 1. The number of carbonyl (C=O) groups excluding carboxylic acids is 1. The van der Waals surface area contributed by atoms with Crippen LogP contribution in [0, 0.1) is 6.92 Å². The van der Waals surface area contributed by atoms with Crippen molar-refractivity contribution in [3.63, 3.8) is 0 Å². The number of aromatic nitrogens is 2. The summed E-state index contributed by atoms with van der Waals surface area (Å²) in [4.78, 5) is 16.3. The molecule has 0 radical (unpaired) electrons. The first-order valence-corrected chi connectivity index (χ1v) is 7.93. The summed E-state index contributed by atoms with van der Waals surface area (Å²) in [6.07, 6.45) is 3.73. The summed E-state index contributed by atoms with van der Waals surface area (Å²) in [5.74, 6) is 1.72. The molecule has 1 heterocycles. The van der Waals surface area contributed by atoms with Crippen molar-refractivity contribution in [2.24, 2.45) is 0 Å². The van der Waals surface area contributed by atoms with Crippen LogP contribution in [0.5, 0.6) is 5.75 Å². The van der Waals surface area contributed by atoms with Gasteiger partial charge in [-0.1, -0.05) is 12.1 Å². The maximum atomic E-state index is 12.1. The molecule has 6 nitrogen and oxygen atoms in total. The zero-order valence-electron chi connectivity index (χ0n) is 14.2. The van der Waals surface area contributed by atoms with Crippen LogP contribution < -0.4 is 15.4 Å². The van der Waals surface area contributed by atoms with E-state index in [1.54, 1.807) is 37.6 Å². The molecule has 1 aromatic heterocycles. The minimum absolute atomic E-state index is 0.289. The molecule has 0 saturated heterocycles. The predicted octanol–water partition coefficient (Wildman–Crippen LogP) is 3.89. The van der Waals surface area contributed by atoms with Crippen molar-refractivity contribution in [3.05, 3.63) is 72.3 Å². The lowest BCUT2D eigenvalue weighted by atomic mass is 10.2. The van der Waals surface area contributed by atoms with Gasteiger partial charge in [-0.15, -0.1) is 0 Å². The van der Waals surface area contributed by atoms with Gasteiger partial charge in [0.2, 0.25) is 0 Å². The molecule has 0 saturated carbocycles. The third-order valence-electron chi connectivity index (χ3n) is 3.84. The summed E-state index contributed by atoms with van der Waals surface area (Å²) in [6.45, 7) is 2.73. The van der Waals surface area contributed by atoms with Crippen molar-refractivity contribution in [1.29, 1.82) is 0 Å². The lowest BCUT2D eigenvalue weighted by Crippen LogP contribution is -2.19. The summed E-state index contributed by atoms with van der Waals surface area (Å²) >= 11 is 0. The second kappa shape index (κ2) is 7.53. The van der Waals surface area contributed by atoms with Crippen LogP contribution in [0.15, 0.2) is 60.9 Å². The number of hydrogen-bond acceptors (Lipinski definition) is 3. The number of urea groups is 1. The van der Waals surface area contributed by atoms with Crippen LogP contribution in [0.2, 0.25) is 0 Å². The van der Waals surface area contributed by atoms with Gasteiger partial charge >= 0.3 is 6.03 Å². The zero-order valence-corrected chi connectivity index (χ0v) is 14.2. The van der Waals surface area contributed by atoms with Gasteiger partial charge in [0.1, 0.15) is 11.6 Å². The van der Waals surface area contributed by atoms with Crippen LogP contribution >= 0.6 is 0 Å². The summed E-state index contributed by atoms with van der Waals surface area (Å²) in [5.41, 5.74) is 2.57.